The highest BCUT2D eigenvalue weighted by molar-refractivity contribution is 6.42. The second-order valence-electron chi connectivity index (χ2n) is 4.67. The topological polar surface area (TPSA) is 58.2 Å². The maximum atomic E-state index is 12.0. The molecule has 6 heteroatoms. The Morgan fingerprint density at radius 3 is 2.45 bits per heavy atom. The summed E-state index contributed by atoms with van der Waals surface area (Å²) in [6.45, 7) is 1.71. The van der Waals surface area contributed by atoms with Gasteiger partial charge in [-0.1, -0.05) is 41.4 Å². The van der Waals surface area contributed by atoms with E-state index >= 15 is 0 Å². The summed E-state index contributed by atoms with van der Waals surface area (Å²) in [4.78, 5) is 23.8. The molecule has 2 amide bonds. The lowest BCUT2D eigenvalue weighted by atomic mass is 10.1. The fraction of sp³-hybridized carbons (Fsp3) is 0.125. The Kier molecular flexibility index (Phi) is 5.41. The fourth-order valence-electron chi connectivity index (χ4n) is 1.86. The van der Waals surface area contributed by atoms with Crippen LogP contribution in [-0.4, -0.2) is 18.4 Å². The predicted molar refractivity (Wildman–Crippen MR) is 88.6 cm³/mol. The molecule has 0 aliphatic heterocycles. The minimum absolute atomic E-state index is 0.132. The van der Waals surface area contributed by atoms with Crippen LogP contribution in [0.2, 0.25) is 10.0 Å². The predicted octanol–water partition coefficient (Wildman–Crippen LogP) is 3.67. The molecule has 0 radical (unpaired) electrons. The number of rotatable bonds is 4. The third-order valence-electron chi connectivity index (χ3n) is 3.00. The highest BCUT2D eigenvalue weighted by Crippen LogP contribution is 2.24. The van der Waals surface area contributed by atoms with Gasteiger partial charge in [0, 0.05) is 11.3 Å². The van der Waals surface area contributed by atoms with Crippen LogP contribution in [0.3, 0.4) is 0 Å². The van der Waals surface area contributed by atoms with Crippen molar-refractivity contribution in [1.82, 2.24) is 5.32 Å². The number of carbonyl (C=O) groups is 2. The largest absolute Gasteiger partial charge is 0.343 e. The van der Waals surface area contributed by atoms with Gasteiger partial charge in [0.1, 0.15) is 0 Å². The Balaban J connectivity index is 1.91. The number of nitrogens with one attached hydrogen (secondary N) is 2. The second-order valence-corrected chi connectivity index (χ2v) is 5.49. The molecule has 0 fully saturated rings. The molecule has 0 aliphatic carbocycles. The molecular formula is C16H14Cl2N2O2. The quantitative estimate of drug-likeness (QED) is 0.894. The van der Waals surface area contributed by atoms with Crippen molar-refractivity contribution in [3.05, 3.63) is 63.6 Å². The first kappa shape index (κ1) is 16.3. The molecule has 0 aliphatic rings. The summed E-state index contributed by atoms with van der Waals surface area (Å²) in [7, 11) is 0. The van der Waals surface area contributed by atoms with Crippen LogP contribution in [0.4, 0.5) is 5.69 Å². The lowest BCUT2D eigenvalue weighted by Crippen LogP contribution is -2.33. The number of amides is 2. The maximum absolute atomic E-state index is 12.0. The lowest BCUT2D eigenvalue weighted by molar-refractivity contribution is -0.115. The van der Waals surface area contributed by atoms with E-state index < -0.39 is 0 Å². The number of hydrogen-bond acceptors (Lipinski definition) is 2. The molecule has 2 aromatic carbocycles. The van der Waals surface area contributed by atoms with Crippen molar-refractivity contribution >= 4 is 40.7 Å². The van der Waals surface area contributed by atoms with Gasteiger partial charge in [0.25, 0.3) is 5.91 Å². The number of anilines is 1. The number of halogens is 2. The van der Waals surface area contributed by atoms with Crippen LogP contribution in [0.25, 0.3) is 0 Å². The average Bonchev–Trinajstić information content (AvgIpc) is 2.49. The molecule has 0 saturated heterocycles. The Morgan fingerprint density at radius 2 is 1.77 bits per heavy atom. The highest BCUT2D eigenvalue weighted by atomic mass is 35.5. The minimum atomic E-state index is -0.347. The van der Waals surface area contributed by atoms with Crippen molar-refractivity contribution in [3.8, 4) is 0 Å². The summed E-state index contributed by atoms with van der Waals surface area (Å²) in [6.07, 6.45) is 0. The first-order valence-electron chi connectivity index (χ1n) is 6.56. The lowest BCUT2D eigenvalue weighted by Gasteiger charge is -2.09. The van der Waals surface area contributed by atoms with E-state index in [-0.39, 0.29) is 18.4 Å². The summed E-state index contributed by atoms with van der Waals surface area (Å²) in [5.41, 5.74) is 1.92. The summed E-state index contributed by atoms with van der Waals surface area (Å²) < 4.78 is 0. The van der Waals surface area contributed by atoms with Crippen molar-refractivity contribution in [2.45, 2.75) is 6.92 Å². The van der Waals surface area contributed by atoms with Gasteiger partial charge < -0.3 is 10.6 Å². The van der Waals surface area contributed by atoms with E-state index in [2.05, 4.69) is 10.6 Å². The van der Waals surface area contributed by atoms with E-state index in [0.717, 1.165) is 5.56 Å². The smallest absolute Gasteiger partial charge is 0.251 e. The van der Waals surface area contributed by atoms with E-state index in [1.54, 1.807) is 30.3 Å². The third-order valence-corrected chi connectivity index (χ3v) is 3.74. The van der Waals surface area contributed by atoms with Crippen LogP contribution in [0.15, 0.2) is 42.5 Å². The normalized spacial score (nSPS) is 10.1. The maximum Gasteiger partial charge on any atom is 0.251 e. The number of carbonyl (C=O) groups excluding carboxylic acids is 2. The molecule has 4 nitrogen and oxygen atoms in total. The van der Waals surface area contributed by atoms with Crippen molar-refractivity contribution in [2.24, 2.45) is 0 Å². The zero-order chi connectivity index (χ0) is 16.1. The van der Waals surface area contributed by atoms with Gasteiger partial charge in [-0.15, -0.1) is 0 Å². The van der Waals surface area contributed by atoms with Gasteiger partial charge in [-0.3, -0.25) is 9.59 Å². The zero-order valence-corrected chi connectivity index (χ0v) is 13.3. The second kappa shape index (κ2) is 7.29. The molecule has 0 bridgehead atoms. The summed E-state index contributed by atoms with van der Waals surface area (Å²) in [6, 6.07) is 11.9. The Bertz CT molecular complexity index is 717. The monoisotopic (exact) mass is 336 g/mol. The van der Waals surface area contributed by atoms with E-state index in [1.807, 2.05) is 19.1 Å². The summed E-state index contributed by atoms with van der Waals surface area (Å²) >= 11 is 11.7. The van der Waals surface area contributed by atoms with Crippen LogP contribution in [0, 0.1) is 6.92 Å². The molecule has 0 heterocycles. The van der Waals surface area contributed by atoms with Gasteiger partial charge in [0.2, 0.25) is 5.91 Å². The molecular weight excluding hydrogens is 323 g/mol. The Hall–Kier alpha value is -2.04. The minimum Gasteiger partial charge on any atom is -0.343 e. The van der Waals surface area contributed by atoms with Crippen LogP contribution in [0.1, 0.15) is 15.9 Å². The van der Waals surface area contributed by atoms with E-state index in [1.165, 1.54) is 0 Å². The van der Waals surface area contributed by atoms with Crippen LogP contribution in [-0.2, 0) is 4.79 Å². The highest BCUT2D eigenvalue weighted by Gasteiger charge is 2.10. The van der Waals surface area contributed by atoms with Crippen LogP contribution in [0.5, 0.6) is 0 Å². The van der Waals surface area contributed by atoms with Crippen LogP contribution < -0.4 is 10.6 Å². The molecule has 0 spiro atoms. The molecule has 2 N–H and O–H groups in total. The van der Waals surface area contributed by atoms with Crippen molar-refractivity contribution in [1.29, 1.82) is 0 Å². The Labute approximate surface area is 138 Å². The first-order chi connectivity index (χ1) is 10.5. The summed E-state index contributed by atoms with van der Waals surface area (Å²) in [5, 5.41) is 5.97. The average molecular weight is 337 g/mol. The van der Waals surface area contributed by atoms with Gasteiger partial charge in [0.05, 0.1) is 16.6 Å². The number of aryl methyl sites for hydroxylation is 1. The fourth-order valence-corrected chi connectivity index (χ4v) is 2.16. The SMILES string of the molecule is Cc1ccccc1C(=O)NCC(=O)Nc1ccc(Cl)c(Cl)c1. The summed E-state index contributed by atoms with van der Waals surface area (Å²) in [5.74, 6) is -0.636. The standard InChI is InChI=1S/C16H14Cl2N2O2/c1-10-4-2-3-5-12(10)16(22)19-9-15(21)20-11-6-7-13(17)14(18)8-11/h2-8H,9H2,1H3,(H,19,22)(H,20,21). The third kappa shape index (κ3) is 4.23. The first-order valence-corrected chi connectivity index (χ1v) is 7.31. The van der Waals surface area contributed by atoms with Gasteiger partial charge in [-0.25, -0.2) is 0 Å². The van der Waals surface area contributed by atoms with Crippen LogP contribution >= 0.6 is 23.2 Å². The van der Waals surface area contributed by atoms with Gasteiger partial charge in [-0.2, -0.15) is 0 Å². The van der Waals surface area contributed by atoms with E-state index in [9.17, 15) is 9.59 Å². The molecule has 0 unspecified atom stereocenters. The molecule has 0 saturated carbocycles. The van der Waals surface area contributed by atoms with E-state index in [0.29, 0.717) is 21.3 Å². The molecule has 22 heavy (non-hydrogen) atoms. The Morgan fingerprint density at radius 1 is 1.05 bits per heavy atom. The molecule has 0 atom stereocenters. The van der Waals surface area contributed by atoms with Gasteiger partial charge >= 0.3 is 0 Å². The molecule has 2 aromatic rings. The van der Waals surface area contributed by atoms with Gasteiger partial charge in [-0.05, 0) is 36.8 Å². The van der Waals surface area contributed by atoms with Gasteiger partial charge in [0.15, 0.2) is 0 Å². The molecule has 114 valence electrons. The molecule has 2 rings (SSSR count). The number of hydrogen-bond donors (Lipinski definition) is 2. The molecule has 0 aromatic heterocycles. The van der Waals surface area contributed by atoms with Crippen molar-refractivity contribution in [2.75, 3.05) is 11.9 Å². The van der Waals surface area contributed by atoms with Crippen molar-refractivity contribution in [3.63, 3.8) is 0 Å². The van der Waals surface area contributed by atoms with Crippen molar-refractivity contribution < 1.29 is 9.59 Å². The van der Waals surface area contributed by atoms with E-state index in [4.69, 9.17) is 23.2 Å². The number of benzene rings is 2. The zero-order valence-electron chi connectivity index (χ0n) is 11.8.